The first-order valence-corrected chi connectivity index (χ1v) is 9.24. The molecule has 0 aliphatic heterocycles. The summed E-state index contributed by atoms with van der Waals surface area (Å²) in [6.45, 7) is 6.91. The SMILES string of the molecule is CCCCCCC(C)CCCC(CCCCC)(OC)OC. The van der Waals surface area contributed by atoms with Crippen molar-refractivity contribution in [3.8, 4) is 0 Å². The van der Waals surface area contributed by atoms with Crippen molar-refractivity contribution in [1.29, 1.82) is 0 Å². The third-order valence-corrected chi connectivity index (χ3v) is 4.71. The fourth-order valence-corrected chi connectivity index (χ4v) is 3.04. The lowest BCUT2D eigenvalue weighted by atomic mass is 9.94. The molecule has 0 radical (unpaired) electrons. The van der Waals surface area contributed by atoms with Gasteiger partial charge in [-0.25, -0.2) is 0 Å². The van der Waals surface area contributed by atoms with Crippen LogP contribution in [-0.4, -0.2) is 20.0 Å². The van der Waals surface area contributed by atoms with Gasteiger partial charge in [-0.3, -0.25) is 0 Å². The topological polar surface area (TPSA) is 18.5 Å². The third kappa shape index (κ3) is 10.3. The highest BCUT2D eigenvalue weighted by Crippen LogP contribution is 2.28. The molecule has 0 spiro atoms. The molecule has 0 aromatic rings. The van der Waals surface area contributed by atoms with Crippen LogP contribution in [0.15, 0.2) is 0 Å². The molecule has 0 aliphatic rings. The molecule has 0 bridgehead atoms. The first kappa shape index (κ1) is 20.9. The van der Waals surface area contributed by atoms with E-state index < -0.39 is 0 Å². The van der Waals surface area contributed by atoms with Crippen molar-refractivity contribution in [3.05, 3.63) is 0 Å². The van der Waals surface area contributed by atoms with Crippen LogP contribution in [0.4, 0.5) is 0 Å². The highest BCUT2D eigenvalue weighted by Gasteiger charge is 2.28. The van der Waals surface area contributed by atoms with E-state index in [2.05, 4.69) is 20.8 Å². The Balaban J connectivity index is 3.90. The minimum absolute atomic E-state index is 0.336. The first-order valence-electron chi connectivity index (χ1n) is 9.24. The van der Waals surface area contributed by atoms with Crippen molar-refractivity contribution in [2.45, 2.75) is 104 Å². The van der Waals surface area contributed by atoms with Crippen LogP contribution in [-0.2, 0) is 9.47 Å². The molecule has 0 saturated heterocycles. The second-order valence-electron chi connectivity index (χ2n) is 6.62. The average molecular weight is 301 g/mol. The molecule has 0 aromatic carbocycles. The van der Waals surface area contributed by atoms with E-state index in [1.807, 2.05) is 0 Å². The summed E-state index contributed by atoms with van der Waals surface area (Å²) in [6.07, 6.45) is 15.2. The highest BCUT2D eigenvalue weighted by atomic mass is 16.7. The van der Waals surface area contributed by atoms with Gasteiger partial charge in [0.2, 0.25) is 0 Å². The molecule has 1 atom stereocenters. The first-order chi connectivity index (χ1) is 10.1. The Morgan fingerprint density at radius 1 is 0.714 bits per heavy atom. The van der Waals surface area contributed by atoms with E-state index in [1.165, 1.54) is 64.2 Å². The predicted octanol–water partition coefficient (Wildman–Crippen LogP) is 6.33. The molecule has 128 valence electrons. The van der Waals surface area contributed by atoms with Gasteiger partial charge in [0.1, 0.15) is 0 Å². The third-order valence-electron chi connectivity index (χ3n) is 4.71. The maximum atomic E-state index is 5.71. The van der Waals surface area contributed by atoms with Gasteiger partial charge in [-0.15, -0.1) is 0 Å². The standard InChI is InChI=1S/C19H40O2/c1-6-8-10-11-14-18(3)15-13-17-19(20-4,21-5)16-12-9-7-2/h18H,6-17H2,1-5H3. The van der Waals surface area contributed by atoms with E-state index >= 15 is 0 Å². The second-order valence-corrected chi connectivity index (χ2v) is 6.62. The molecule has 0 aliphatic carbocycles. The van der Waals surface area contributed by atoms with Crippen LogP contribution in [0.2, 0.25) is 0 Å². The van der Waals surface area contributed by atoms with E-state index in [0.29, 0.717) is 0 Å². The normalized spacial score (nSPS) is 13.6. The zero-order valence-corrected chi connectivity index (χ0v) is 15.4. The maximum absolute atomic E-state index is 5.71. The Kier molecular flexibility index (Phi) is 13.5. The molecular weight excluding hydrogens is 260 g/mol. The Morgan fingerprint density at radius 3 is 1.81 bits per heavy atom. The van der Waals surface area contributed by atoms with E-state index in [4.69, 9.17) is 9.47 Å². The van der Waals surface area contributed by atoms with Gasteiger partial charge in [-0.2, -0.15) is 0 Å². The number of hydrogen-bond acceptors (Lipinski definition) is 2. The zero-order chi connectivity index (χ0) is 16.0. The van der Waals surface area contributed by atoms with Crippen LogP contribution < -0.4 is 0 Å². The molecule has 2 nitrogen and oxygen atoms in total. The van der Waals surface area contributed by atoms with Gasteiger partial charge in [-0.1, -0.05) is 72.1 Å². The van der Waals surface area contributed by atoms with Crippen LogP contribution in [0.25, 0.3) is 0 Å². The number of hydrogen-bond donors (Lipinski definition) is 0. The second kappa shape index (κ2) is 13.6. The Morgan fingerprint density at radius 2 is 1.24 bits per heavy atom. The van der Waals surface area contributed by atoms with Crippen LogP contribution in [0.3, 0.4) is 0 Å². The lowest BCUT2D eigenvalue weighted by Gasteiger charge is -2.31. The van der Waals surface area contributed by atoms with Crippen molar-refractivity contribution in [1.82, 2.24) is 0 Å². The quantitative estimate of drug-likeness (QED) is 0.260. The van der Waals surface area contributed by atoms with Crippen LogP contribution in [0, 0.1) is 5.92 Å². The average Bonchev–Trinajstić information content (AvgIpc) is 2.50. The predicted molar refractivity (Wildman–Crippen MR) is 92.7 cm³/mol. The Bertz CT molecular complexity index is 212. The molecule has 1 unspecified atom stereocenters. The van der Waals surface area contributed by atoms with Crippen molar-refractivity contribution in [3.63, 3.8) is 0 Å². The summed E-state index contributed by atoms with van der Waals surface area (Å²) in [5.74, 6) is 0.501. The highest BCUT2D eigenvalue weighted by molar-refractivity contribution is 4.70. The minimum atomic E-state index is -0.336. The van der Waals surface area contributed by atoms with E-state index in [1.54, 1.807) is 14.2 Å². The smallest absolute Gasteiger partial charge is 0.167 e. The molecule has 0 saturated carbocycles. The number of unbranched alkanes of at least 4 members (excludes halogenated alkanes) is 5. The molecule has 2 heteroatoms. The summed E-state index contributed by atoms with van der Waals surface area (Å²) in [4.78, 5) is 0. The number of ether oxygens (including phenoxy) is 2. The number of rotatable bonds is 15. The summed E-state index contributed by atoms with van der Waals surface area (Å²) < 4.78 is 11.4. The van der Waals surface area contributed by atoms with Crippen LogP contribution >= 0.6 is 0 Å². The van der Waals surface area contributed by atoms with E-state index in [-0.39, 0.29) is 5.79 Å². The summed E-state index contributed by atoms with van der Waals surface area (Å²) in [7, 11) is 3.59. The summed E-state index contributed by atoms with van der Waals surface area (Å²) in [5, 5.41) is 0. The summed E-state index contributed by atoms with van der Waals surface area (Å²) in [5.41, 5.74) is 0. The molecule has 0 fully saturated rings. The summed E-state index contributed by atoms with van der Waals surface area (Å²) in [6, 6.07) is 0. The lowest BCUT2D eigenvalue weighted by Crippen LogP contribution is -2.33. The van der Waals surface area contributed by atoms with Crippen molar-refractivity contribution < 1.29 is 9.47 Å². The Labute approximate surface area is 134 Å². The van der Waals surface area contributed by atoms with Gasteiger partial charge in [-0.05, 0) is 18.8 Å². The van der Waals surface area contributed by atoms with E-state index in [9.17, 15) is 0 Å². The zero-order valence-electron chi connectivity index (χ0n) is 15.4. The molecule has 0 amide bonds. The molecule has 21 heavy (non-hydrogen) atoms. The Hall–Kier alpha value is -0.0800. The molecule has 0 heterocycles. The van der Waals surface area contributed by atoms with Crippen LogP contribution in [0.1, 0.15) is 97.8 Å². The van der Waals surface area contributed by atoms with Crippen LogP contribution in [0.5, 0.6) is 0 Å². The molecule has 0 aromatic heterocycles. The lowest BCUT2D eigenvalue weighted by molar-refractivity contribution is -0.216. The number of methoxy groups -OCH3 is 2. The van der Waals surface area contributed by atoms with Gasteiger partial charge in [0.25, 0.3) is 0 Å². The summed E-state index contributed by atoms with van der Waals surface area (Å²) >= 11 is 0. The van der Waals surface area contributed by atoms with Gasteiger partial charge in [0.05, 0.1) is 0 Å². The van der Waals surface area contributed by atoms with Gasteiger partial charge >= 0.3 is 0 Å². The van der Waals surface area contributed by atoms with Crippen molar-refractivity contribution in [2.75, 3.05) is 14.2 Å². The van der Waals surface area contributed by atoms with Gasteiger partial charge in [0, 0.05) is 27.1 Å². The monoisotopic (exact) mass is 300 g/mol. The van der Waals surface area contributed by atoms with Crippen molar-refractivity contribution >= 4 is 0 Å². The van der Waals surface area contributed by atoms with Gasteiger partial charge in [0.15, 0.2) is 5.79 Å². The fraction of sp³-hybridized carbons (Fsp3) is 1.00. The van der Waals surface area contributed by atoms with Gasteiger partial charge < -0.3 is 9.47 Å². The minimum Gasteiger partial charge on any atom is -0.353 e. The maximum Gasteiger partial charge on any atom is 0.167 e. The van der Waals surface area contributed by atoms with Crippen molar-refractivity contribution in [2.24, 2.45) is 5.92 Å². The molecule has 0 N–H and O–H groups in total. The molecular formula is C19H40O2. The fourth-order valence-electron chi connectivity index (χ4n) is 3.04. The largest absolute Gasteiger partial charge is 0.353 e. The molecule has 0 rings (SSSR count). The van der Waals surface area contributed by atoms with E-state index in [0.717, 1.165) is 18.8 Å².